The molecule has 1 saturated heterocycles. The van der Waals surface area contributed by atoms with Crippen LogP contribution in [0.1, 0.15) is 18.4 Å². The lowest BCUT2D eigenvalue weighted by Crippen LogP contribution is -2.32. The molecule has 1 aliphatic rings. The molecule has 2 rings (SSSR count). The highest BCUT2D eigenvalue weighted by Gasteiger charge is 2.16. The Labute approximate surface area is 101 Å². The molecule has 0 spiro atoms. The van der Waals surface area contributed by atoms with Crippen LogP contribution in [0.5, 0.6) is 0 Å². The van der Waals surface area contributed by atoms with Crippen LogP contribution in [0.15, 0.2) is 24.3 Å². The monoisotopic (exact) mass is 234 g/mol. The number of benzene rings is 1. The van der Waals surface area contributed by atoms with Gasteiger partial charge < -0.3 is 15.3 Å². The normalized spacial score (nSPS) is 15.0. The predicted molar refractivity (Wildman–Crippen MR) is 66.7 cm³/mol. The van der Waals surface area contributed by atoms with Gasteiger partial charge in [-0.05, 0) is 30.5 Å². The predicted octanol–water partition coefficient (Wildman–Crippen LogP) is 1.21. The van der Waals surface area contributed by atoms with Crippen molar-refractivity contribution < 1.29 is 9.90 Å². The van der Waals surface area contributed by atoms with Gasteiger partial charge in [-0.2, -0.15) is 0 Å². The van der Waals surface area contributed by atoms with Gasteiger partial charge >= 0.3 is 0 Å². The average Bonchev–Trinajstić information content (AvgIpc) is 2.90. The van der Waals surface area contributed by atoms with Gasteiger partial charge in [-0.1, -0.05) is 12.1 Å². The summed E-state index contributed by atoms with van der Waals surface area (Å²) in [6, 6.07) is 7.48. The van der Waals surface area contributed by atoms with E-state index in [0.717, 1.165) is 37.2 Å². The molecular weight excluding hydrogens is 216 g/mol. The molecule has 4 nitrogen and oxygen atoms in total. The van der Waals surface area contributed by atoms with Crippen molar-refractivity contribution in [2.45, 2.75) is 19.4 Å². The zero-order valence-electron chi connectivity index (χ0n) is 9.85. The number of hydrogen-bond donors (Lipinski definition) is 2. The summed E-state index contributed by atoms with van der Waals surface area (Å²) in [7, 11) is 0. The number of nitrogens with one attached hydrogen (secondary N) is 1. The molecule has 0 radical (unpaired) electrons. The standard InChI is InChI=1S/C13H18N2O2/c16-10-11-4-3-5-12(8-11)14-9-13(17)15-6-1-2-7-15/h3-5,8,14,16H,1-2,6-7,9-10H2. The number of amides is 1. The van der Waals surface area contributed by atoms with Crippen molar-refractivity contribution in [3.63, 3.8) is 0 Å². The lowest BCUT2D eigenvalue weighted by Gasteiger charge is -2.16. The summed E-state index contributed by atoms with van der Waals surface area (Å²) >= 11 is 0. The lowest BCUT2D eigenvalue weighted by molar-refractivity contribution is -0.128. The fourth-order valence-electron chi connectivity index (χ4n) is 2.04. The van der Waals surface area contributed by atoms with Gasteiger partial charge in [0.1, 0.15) is 0 Å². The van der Waals surface area contributed by atoms with E-state index in [2.05, 4.69) is 5.32 Å². The van der Waals surface area contributed by atoms with Gasteiger partial charge in [0.2, 0.25) is 5.91 Å². The number of hydrogen-bond acceptors (Lipinski definition) is 3. The molecule has 0 aliphatic carbocycles. The largest absolute Gasteiger partial charge is 0.392 e. The quantitative estimate of drug-likeness (QED) is 0.823. The van der Waals surface area contributed by atoms with Crippen LogP contribution in [-0.4, -0.2) is 35.5 Å². The second-order valence-corrected chi connectivity index (χ2v) is 4.30. The van der Waals surface area contributed by atoms with Crippen LogP contribution in [0.4, 0.5) is 5.69 Å². The van der Waals surface area contributed by atoms with Crippen LogP contribution >= 0.6 is 0 Å². The number of anilines is 1. The van der Waals surface area contributed by atoms with E-state index in [1.54, 1.807) is 0 Å². The number of nitrogens with zero attached hydrogens (tertiary/aromatic N) is 1. The topological polar surface area (TPSA) is 52.6 Å². The first-order valence-corrected chi connectivity index (χ1v) is 6.01. The molecule has 1 amide bonds. The van der Waals surface area contributed by atoms with E-state index in [9.17, 15) is 4.79 Å². The molecule has 1 fully saturated rings. The summed E-state index contributed by atoms with van der Waals surface area (Å²) < 4.78 is 0. The van der Waals surface area contributed by atoms with Crippen molar-refractivity contribution in [1.29, 1.82) is 0 Å². The number of carbonyl (C=O) groups is 1. The highest BCUT2D eigenvalue weighted by molar-refractivity contribution is 5.81. The number of carbonyl (C=O) groups excluding carboxylic acids is 1. The second kappa shape index (κ2) is 5.68. The van der Waals surface area contributed by atoms with E-state index in [-0.39, 0.29) is 12.5 Å². The van der Waals surface area contributed by atoms with E-state index >= 15 is 0 Å². The third kappa shape index (κ3) is 3.20. The lowest BCUT2D eigenvalue weighted by atomic mass is 10.2. The maximum atomic E-state index is 11.8. The Balaban J connectivity index is 1.86. The Hall–Kier alpha value is -1.55. The van der Waals surface area contributed by atoms with Gasteiger partial charge in [-0.25, -0.2) is 0 Å². The van der Waals surface area contributed by atoms with Gasteiger partial charge in [0, 0.05) is 18.8 Å². The molecule has 1 aliphatic heterocycles. The Kier molecular flexibility index (Phi) is 3.98. The first-order valence-electron chi connectivity index (χ1n) is 6.01. The third-order valence-electron chi connectivity index (χ3n) is 3.01. The highest BCUT2D eigenvalue weighted by Crippen LogP contribution is 2.11. The molecule has 0 aromatic heterocycles. The average molecular weight is 234 g/mol. The Morgan fingerprint density at radius 3 is 2.82 bits per heavy atom. The van der Waals surface area contributed by atoms with E-state index < -0.39 is 0 Å². The van der Waals surface area contributed by atoms with Gasteiger partial charge in [0.05, 0.1) is 13.2 Å². The van der Waals surface area contributed by atoms with Crippen molar-refractivity contribution in [2.24, 2.45) is 0 Å². The van der Waals surface area contributed by atoms with Crippen molar-refractivity contribution in [1.82, 2.24) is 4.90 Å². The Morgan fingerprint density at radius 2 is 2.12 bits per heavy atom. The summed E-state index contributed by atoms with van der Waals surface area (Å²) in [5, 5.41) is 12.1. The highest BCUT2D eigenvalue weighted by atomic mass is 16.3. The van der Waals surface area contributed by atoms with Gasteiger partial charge in [0.15, 0.2) is 0 Å². The molecule has 2 N–H and O–H groups in total. The minimum atomic E-state index is 0.0234. The number of rotatable bonds is 4. The second-order valence-electron chi connectivity index (χ2n) is 4.30. The maximum absolute atomic E-state index is 11.8. The maximum Gasteiger partial charge on any atom is 0.241 e. The van der Waals surface area contributed by atoms with Crippen LogP contribution in [0, 0.1) is 0 Å². The van der Waals surface area contributed by atoms with Crippen LogP contribution in [-0.2, 0) is 11.4 Å². The Bertz CT molecular complexity index is 387. The number of likely N-dealkylation sites (tertiary alicyclic amines) is 1. The van der Waals surface area contributed by atoms with Crippen molar-refractivity contribution in [2.75, 3.05) is 25.0 Å². The van der Waals surface area contributed by atoms with Gasteiger partial charge in [-0.15, -0.1) is 0 Å². The van der Waals surface area contributed by atoms with Crippen LogP contribution < -0.4 is 5.32 Å². The van der Waals surface area contributed by atoms with E-state index in [4.69, 9.17) is 5.11 Å². The molecule has 1 heterocycles. The van der Waals surface area contributed by atoms with E-state index in [1.807, 2.05) is 29.2 Å². The molecule has 0 atom stereocenters. The van der Waals surface area contributed by atoms with Crippen LogP contribution in [0.25, 0.3) is 0 Å². The minimum Gasteiger partial charge on any atom is -0.392 e. The first-order chi connectivity index (χ1) is 8.29. The molecule has 17 heavy (non-hydrogen) atoms. The van der Waals surface area contributed by atoms with Crippen molar-refractivity contribution in [3.8, 4) is 0 Å². The number of aliphatic hydroxyl groups excluding tert-OH is 1. The van der Waals surface area contributed by atoms with E-state index in [0.29, 0.717) is 6.54 Å². The molecule has 4 heteroatoms. The van der Waals surface area contributed by atoms with Gasteiger partial charge in [-0.3, -0.25) is 4.79 Å². The van der Waals surface area contributed by atoms with Crippen molar-refractivity contribution >= 4 is 11.6 Å². The van der Waals surface area contributed by atoms with Crippen LogP contribution in [0.3, 0.4) is 0 Å². The molecular formula is C13H18N2O2. The summed E-state index contributed by atoms with van der Waals surface area (Å²) in [6.45, 7) is 2.12. The summed E-state index contributed by atoms with van der Waals surface area (Å²) in [6.07, 6.45) is 2.23. The molecule has 0 bridgehead atoms. The fourth-order valence-corrected chi connectivity index (χ4v) is 2.04. The zero-order valence-corrected chi connectivity index (χ0v) is 9.85. The van der Waals surface area contributed by atoms with E-state index in [1.165, 1.54) is 0 Å². The summed E-state index contributed by atoms with van der Waals surface area (Å²) in [5.41, 5.74) is 1.73. The fraction of sp³-hybridized carbons (Fsp3) is 0.462. The van der Waals surface area contributed by atoms with Crippen molar-refractivity contribution in [3.05, 3.63) is 29.8 Å². The number of aliphatic hydroxyl groups is 1. The SMILES string of the molecule is O=C(CNc1cccc(CO)c1)N1CCCC1. The first kappa shape index (κ1) is 11.9. The smallest absolute Gasteiger partial charge is 0.241 e. The minimum absolute atomic E-state index is 0.0234. The molecule has 0 unspecified atom stereocenters. The third-order valence-corrected chi connectivity index (χ3v) is 3.01. The molecule has 1 aromatic rings. The zero-order chi connectivity index (χ0) is 12.1. The van der Waals surface area contributed by atoms with Gasteiger partial charge in [0.25, 0.3) is 0 Å². The molecule has 92 valence electrons. The Morgan fingerprint density at radius 1 is 1.35 bits per heavy atom. The molecule has 0 saturated carbocycles. The summed E-state index contributed by atoms with van der Waals surface area (Å²) in [5.74, 6) is 0.150. The molecule has 1 aromatic carbocycles. The summed E-state index contributed by atoms with van der Waals surface area (Å²) in [4.78, 5) is 13.7. The van der Waals surface area contributed by atoms with Crippen LogP contribution in [0.2, 0.25) is 0 Å².